The van der Waals surface area contributed by atoms with Gasteiger partial charge in [0.15, 0.2) is 0 Å². The van der Waals surface area contributed by atoms with Crippen molar-refractivity contribution in [2.45, 2.75) is 48.6 Å². The minimum absolute atomic E-state index is 0.662. The zero-order chi connectivity index (χ0) is 21.0. The minimum atomic E-state index is -0.777. The third-order valence-electron chi connectivity index (χ3n) is 6.68. The SMILES string of the molecule is C#CCCCCCCc1cc[c]([Zr][CH]2C=Cc3ccccc32)c2c1-c1ccccc1C2. The van der Waals surface area contributed by atoms with Crippen LogP contribution in [0.25, 0.3) is 17.2 Å². The summed E-state index contributed by atoms with van der Waals surface area (Å²) in [6.07, 6.45) is 18.4. The number of allylic oxidation sites excluding steroid dienone is 1. The van der Waals surface area contributed by atoms with Gasteiger partial charge < -0.3 is 0 Å². The van der Waals surface area contributed by atoms with Gasteiger partial charge in [0.2, 0.25) is 0 Å². The Labute approximate surface area is 198 Å². The van der Waals surface area contributed by atoms with Gasteiger partial charge in [0.1, 0.15) is 0 Å². The molecule has 0 aromatic heterocycles. The summed E-state index contributed by atoms with van der Waals surface area (Å²) >= 11 is -0.777. The van der Waals surface area contributed by atoms with Crippen LogP contribution in [-0.2, 0) is 36.1 Å². The molecule has 3 aromatic rings. The van der Waals surface area contributed by atoms with E-state index < -0.39 is 23.2 Å². The first-order valence-electron chi connectivity index (χ1n) is 11.6. The molecule has 0 heterocycles. The van der Waals surface area contributed by atoms with Crippen LogP contribution in [0.3, 0.4) is 0 Å². The van der Waals surface area contributed by atoms with Gasteiger partial charge in [0.25, 0.3) is 0 Å². The average Bonchev–Trinajstić information content (AvgIpc) is 3.39. The standard InChI is InChI=1S/C21H21.C9H7.Zr/c1-2-3-4-5-6-7-11-17-13-10-14-19-16-18-12-8-9-15-20(18)21(17)19;1-2-5-9-7-3-6-8(9)4-1;/h1,8-10,12-13,15H,3-7,11,16H2;1-7H;. The molecule has 0 bridgehead atoms. The van der Waals surface area contributed by atoms with Crippen molar-refractivity contribution in [3.63, 3.8) is 0 Å². The molecule has 0 fully saturated rings. The van der Waals surface area contributed by atoms with E-state index in [1.54, 1.807) is 25.5 Å². The van der Waals surface area contributed by atoms with Crippen molar-refractivity contribution >= 4 is 9.35 Å². The zero-order valence-electron chi connectivity index (χ0n) is 18.0. The van der Waals surface area contributed by atoms with E-state index in [1.807, 2.05) is 0 Å². The summed E-state index contributed by atoms with van der Waals surface area (Å²) in [4.78, 5) is 0. The third-order valence-corrected chi connectivity index (χ3v) is 10.6. The average molecular weight is 480 g/mol. The third kappa shape index (κ3) is 4.29. The second kappa shape index (κ2) is 9.55. The van der Waals surface area contributed by atoms with Crippen LogP contribution in [0.5, 0.6) is 0 Å². The van der Waals surface area contributed by atoms with Crippen molar-refractivity contribution in [2.24, 2.45) is 0 Å². The first-order valence-corrected chi connectivity index (χ1v) is 14.2. The van der Waals surface area contributed by atoms with Crippen LogP contribution >= 0.6 is 0 Å². The quantitative estimate of drug-likeness (QED) is 0.191. The summed E-state index contributed by atoms with van der Waals surface area (Å²) in [7, 11) is 0. The van der Waals surface area contributed by atoms with E-state index in [-0.39, 0.29) is 0 Å². The zero-order valence-corrected chi connectivity index (χ0v) is 20.5. The van der Waals surface area contributed by atoms with E-state index in [0.717, 1.165) is 12.8 Å². The molecule has 0 amide bonds. The summed E-state index contributed by atoms with van der Waals surface area (Å²) in [5.74, 6) is 2.76. The fourth-order valence-corrected chi connectivity index (χ4v) is 8.83. The molecular formula is C30H28Zr. The molecule has 0 spiro atoms. The van der Waals surface area contributed by atoms with Crippen molar-refractivity contribution < 1.29 is 23.2 Å². The molecule has 0 saturated heterocycles. The maximum absolute atomic E-state index is 5.39. The van der Waals surface area contributed by atoms with Crippen molar-refractivity contribution in [3.8, 4) is 23.5 Å². The topological polar surface area (TPSA) is 0 Å². The summed E-state index contributed by atoms with van der Waals surface area (Å²) in [5.41, 5.74) is 10.8. The van der Waals surface area contributed by atoms with Gasteiger partial charge in [-0.2, -0.15) is 0 Å². The summed E-state index contributed by atoms with van der Waals surface area (Å²) in [6, 6.07) is 23.0. The van der Waals surface area contributed by atoms with Gasteiger partial charge in [-0.05, 0) is 0 Å². The number of hydrogen-bond acceptors (Lipinski definition) is 0. The molecule has 1 unspecified atom stereocenters. The van der Waals surface area contributed by atoms with Crippen molar-refractivity contribution in [2.75, 3.05) is 0 Å². The van der Waals surface area contributed by atoms with Crippen molar-refractivity contribution in [1.29, 1.82) is 0 Å². The van der Waals surface area contributed by atoms with Gasteiger partial charge in [-0.15, -0.1) is 0 Å². The van der Waals surface area contributed by atoms with Crippen LogP contribution in [0.1, 0.15) is 63.5 Å². The van der Waals surface area contributed by atoms with Crippen LogP contribution in [0.4, 0.5) is 0 Å². The summed E-state index contributed by atoms with van der Waals surface area (Å²) in [5, 5.41) is 0. The second-order valence-electron chi connectivity index (χ2n) is 8.69. The van der Waals surface area contributed by atoms with Crippen LogP contribution in [0, 0.1) is 12.3 Å². The Bertz CT molecular complexity index is 1160. The van der Waals surface area contributed by atoms with Gasteiger partial charge in [0.05, 0.1) is 0 Å². The maximum atomic E-state index is 5.39. The first-order chi connectivity index (χ1) is 15.3. The number of aryl methyl sites for hydroxylation is 1. The normalized spacial score (nSPS) is 15.3. The Morgan fingerprint density at radius 3 is 2.68 bits per heavy atom. The van der Waals surface area contributed by atoms with Crippen LogP contribution in [0.15, 0.2) is 66.7 Å². The number of unbranched alkanes of at least 4 members (excludes halogenated alkanes) is 4. The molecule has 0 N–H and O–H groups in total. The van der Waals surface area contributed by atoms with Crippen molar-refractivity contribution in [1.82, 2.24) is 0 Å². The number of benzene rings is 3. The summed E-state index contributed by atoms with van der Waals surface area (Å²) in [6.45, 7) is 0. The van der Waals surface area contributed by atoms with Crippen LogP contribution in [-0.4, -0.2) is 0 Å². The molecule has 1 heteroatoms. The monoisotopic (exact) mass is 478 g/mol. The molecule has 1 atom stereocenters. The first kappa shape index (κ1) is 20.7. The number of rotatable bonds is 8. The van der Waals surface area contributed by atoms with Gasteiger partial charge in [0, 0.05) is 0 Å². The van der Waals surface area contributed by atoms with E-state index in [2.05, 4.69) is 78.7 Å². The molecule has 5 rings (SSSR count). The molecule has 0 radical (unpaired) electrons. The molecular weight excluding hydrogens is 452 g/mol. The van der Waals surface area contributed by atoms with Gasteiger partial charge >= 0.3 is 199 Å². The Morgan fingerprint density at radius 1 is 0.903 bits per heavy atom. The molecule has 0 aliphatic heterocycles. The van der Waals surface area contributed by atoms with Crippen molar-refractivity contribution in [3.05, 3.63) is 94.6 Å². The summed E-state index contributed by atoms with van der Waals surface area (Å²) < 4.78 is 2.36. The number of hydrogen-bond donors (Lipinski definition) is 0. The van der Waals surface area contributed by atoms with Crippen LogP contribution < -0.4 is 3.27 Å². The van der Waals surface area contributed by atoms with E-state index in [9.17, 15) is 0 Å². The second-order valence-corrected chi connectivity index (χ2v) is 12.3. The fraction of sp³-hybridized carbons (Fsp3) is 0.267. The molecule has 31 heavy (non-hydrogen) atoms. The van der Waals surface area contributed by atoms with E-state index in [4.69, 9.17) is 6.42 Å². The molecule has 2 aliphatic rings. The number of fused-ring (bicyclic) bond motifs is 4. The van der Waals surface area contributed by atoms with Gasteiger partial charge in [-0.25, -0.2) is 0 Å². The van der Waals surface area contributed by atoms with Gasteiger partial charge in [-0.3, -0.25) is 0 Å². The predicted octanol–water partition coefficient (Wildman–Crippen LogP) is 6.86. The fourth-order valence-electron chi connectivity index (χ4n) is 5.11. The molecule has 0 saturated carbocycles. The number of terminal acetylenes is 1. The van der Waals surface area contributed by atoms with E-state index in [1.165, 1.54) is 48.8 Å². The molecule has 2 aliphatic carbocycles. The Balaban J connectivity index is 1.40. The van der Waals surface area contributed by atoms with Gasteiger partial charge in [-0.1, -0.05) is 0 Å². The Hall–Kier alpha value is -2.16. The Morgan fingerprint density at radius 2 is 1.74 bits per heavy atom. The predicted molar refractivity (Wildman–Crippen MR) is 128 cm³/mol. The van der Waals surface area contributed by atoms with Crippen LogP contribution in [0.2, 0.25) is 0 Å². The molecule has 0 nitrogen and oxygen atoms in total. The Kier molecular flexibility index (Phi) is 6.38. The van der Waals surface area contributed by atoms with E-state index in [0.29, 0.717) is 3.63 Å². The van der Waals surface area contributed by atoms with E-state index >= 15 is 0 Å². The molecule has 3 aromatic carbocycles. The molecule has 152 valence electrons.